The number of esters is 1. The second kappa shape index (κ2) is 6.69. The number of aliphatic hydroxyl groups is 1. The van der Waals surface area contributed by atoms with Gasteiger partial charge in [-0.15, -0.1) is 0 Å². The summed E-state index contributed by atoms with van der Waals surface area (Å²) < 4.78 is 17.6. The summed E-state index contributed by atoms with van der Waals surface area (Å²) in [7, 11) is 1.41. The first-order valence-corrected chi connectivity index (χ1v) is 8.82. The van der Waals surface area contributed by atoms with E-state index in [1.165, 1.54) is 7.11 Å². The van der Waals surface area contributed by atoms with Crippen molar-refractivity contribution in [3.05, 3.63) is 0 Å². The quantitative estimate of drug-likeness (QED) is 0.807. The first kappa shape index (κ1) is 18.7. The fourth-order valence-electron chi connectivity index (χ4n) is 4.24. The van der Waals surface area contributed by atoms with E-state index in [-0.39, 0.29) is 35.9 Å². The summed E-state index contributed by atoms with van der Waals surface area (Å²) in [5.74, 6) is -0.797. The van der Waals surface area contributed by atoms with Crippen molar-refractivity contribution in [2.45, 2.75) is 83.9 Å². The molecule has 2 fully saturated rings. The molecule has 1 N–H and O–H groups in total. The van der Waals surface area contributed by atoms with Crippen LogP contribution in [0.2, 0.25) is 0 Å². The van der Waals surface area contributed by atoms with Crippen LogP contribution in [0.15, 0.2) is 0 Å². The van der Waals surface area contributed by atoms with Gasteiger partial charge in [-0.3, -0.25) is 4.79 Å². The highest BCUT2D eigenvalue weighted by molar-refractivity contribution is 5.72. The van der Waals surface area contributed by atoms with Crippen LogP contribution in [0, 0.1) is 17.8 Å². The number of carbonyl (C=O) groups excluding carboxylic acids is 1. The molecule has 0 saturated carbocycles. The van der Waals surface area contributed by atoms with E-state index >= 15 is 0 Å². The Bertz CT molecular complexity index is 435. The van der Waals surface area contributed by atoms with Crippen LogP contribution in [-0.2, 0) is 19.0 Å². The van der Waals surface area contributed by atoms with Gasteiger partial charge in [0.15, 0.2) is 5.79 Å². The lowest BCUT2D eigenvalue weighted by atomic mass is 9.75. The van der Waals surface area contributed by atoms with E-state index in [4.69, 9.17) is 14.2 Å². The Morgan fingerprint density at radius 2 is 2.00 bits per heavy atom. The minimum Gasteiger partial charge on any atom is -0.469 e. The Balaban J connectivity index is 2.22. The second-order valence-corrected chi connectivity index (χ2v) is 7.69. The summed E-state index contributed by atoms with van der Waals surface area (Å²) in [4.78, 5) is 11.9. The molecule has 0 amide bonds. The predicted octanol–water partition coefficient (Wildman–Crippen LogP) is 2.89. The largest absolute Gasteiger partial charge is 0.469 e. The Kier molecular flexibility index (Phi) is 5.44. The molecule has 7 atom stereocenters. The summed E-state index contributed by atoms with van der Waals surface area (Å²) in [5.41, 5.74) is -0.824. The highest BCUT2D eigenvalue weighted by atomic mass is 16.7. The van der Waals surface area contributed by atoms with Gasteiger partial charge in [0.1, 0.15) is 0 Å². The fourth-order valence-corrected chi connectivity index (χ4v) is 4.24. The molecule has 0 radical (unpaired) electrons. The minimum atomic E-state index is -0.824. The molecule has 2 rings (SSSR count). The number of carbonyl (C=O) groups is 1. The van der Waals surface area contributed by atoms with E-state index < -0.39 is 11.4 Å². The summed E-state index contributed by atoms with van der Waals surface area (Å²) in [5, 5.41) is 10.5. The van der Waals surface area contributed by atoms with Crippen molar-refractivity contribution in [1.29, 1.82) is 0 Å². The van der Waals surface area contributed by atoms with Crippen LogP contribution in [0.1, 0.15) is 60.3 Å². The van der Waals surface area contributed by atoms with Crippen molar-refractivity contribution in [1.82, 2.24) is 0 Å². The molecule has 2 heterocycles. The van der Waals surface area contributed by atoms with Crippen LogP contribution in [-0.4, -0.2) is 41.8 Å². The van der Waals surface area contributed by atoms with Gasteiger partial charge >= 0.3 is 5.97 Å². The van der Waals surface area contributed by atoms with Crippen LogP contribution in [0.4, 0.5) is 0 Å². The van der Waals surface area contributed by atoms with Crippen molar-refractivity contribution in [3.8, 4) is 0 Å². The standard InChI is InChI=1S/C18H32O5/c1-7-14-17(5,20)8-9-18(22-14)12(3)10-11(2)15(23-18)13(4)16(19)21-6/h11-15,20H,7-10H2,1-6H3/t11-,12+,13+,14+,15-,17+,18-/m0/s1. The molecule has 5 heteroatoms. The van der Waals surface area contributed by atoms with E-state index in [1.54, 1.807) is 0 Å². The number of methoxy groups -OCH3 is 1. The summed E-state index contributed by atoms with van der Waals surface area (Å²) in [6.07, 6.45) is 2.49. The lowest BCUT2D eigenvalue weighted by Gasteiger charge is -2.55. The highest BCUT2D eigenvalue weighted by Crippen LogP contribution is 2.48. The summed E-state index contributed by atoms with van der Waals surface area (Å²) in [6.45, 7) is 9.96. The zero-order valence-electron chi connectivity index (χ0n) is 15.3. The lowest BCUT2D eigenvalue weighted by molar-refractivity contribution is -0.372. The average Bonchev–Trinajstić information content (AvgIpc) is 2.51. The van der Waals surface area contributed by atoms with E-state index in [2.05, 4.69) is 13.8 Å². The molecule has 134 valence electrons. The number of hydrogen-bond donors (Lipinski definition) is 1. The van der Waals surface area contributed by atoms with Gasteiger partial charge in [0, 0.05) is 12.3 Å². The molecule has 0 bridgehead atoms. The Morgan fingerprint density at radius 1 is 1.35 bits per heavy atom. The molecule has 2 aliphatic heterocycles. The molecular formula is C18H32O5. The fraction of sp³-hybridized carbons (Fsp3) is 0.944. The van der Waals surface area contributed by atoms with Crippen LogP contribution >= 0.6 is 0 Å². The van der Waals surface area contributed by atoms with Crippen molar-refractivity contribution in [2.24, 2.45) is 17.8 Å². The molecule has 0 aromatic carbocycles. The average molecular weight is 328 g/mol. The van der Waals surface area contributed by atoms with E-state index in [0.29, 0.717) is 12.8 Å². The Morgan fingerprint density at radius 3 is 2.57 bits per heavy atom. The number of hydrogen-bond acceptors (Lipinski definition) is 5. The molecule has 2 saturated heterocycles. The number of ether oxygens (including phenoxy) is 3. The van der Waals surface area contributed by atoms with Gasteiger partial charge in [-0.05, 0) is 39.0 Å². The van der Waals surface area contributed by atoms with Crippen LogP contribution in [0.3, 0.4) is 0 Å². The van der Waals surface area contributed by atoms with E-state index in [0.717, 1.165) is 12.8 Å². The summed E-state index contributed by atoms with van der Waals surface area (Å²) >= 11 is 0. The Hall–Kier alpha value is -0.650. The topological polar surface area (TPSA) is 65.0 Å². The molecule has 1 spiro atoms. The van der Waals surface area contributed by atoms with Crippen molar-refractivity contribution < 1.29 is 24.1 Å². The van der Waals surface area contributed by atoms with Crippen LogP contribution < -0.4 is 0 Å². The predicted molar refractivity (Wildman–Crippen MR) is 86.8 cm³/mol. The molecule has 5 nitrogen and oxygen atoms in total. The molecule has 0 aliphatic carbocycles. The van der Waals surface area contributed by atoms with Gasteiger partial charge in [0.25, 0.3) is 0 Å². The molecule has 0 unspecified atom stereocenters. The van der Waals surface area contributed by atoms with Gasteiger partial charge in [-0.25, -0.2) is 0 Å². The zero-order valence-corrected chi connectivity index (χ0v) is 15.3. The van der Waals surface area contributed by atoms with Crippen molar-refractivity contribution in [2.75, 3.05) is 7.11 Å². The Labute approximate surface area is 139 Å². The molecule has 23 heavy (non-hydrogen) atoms. The van der Waals surface area contributed by atoms with E-state index in [1.807, 2.05) is 20.8 Å². The maximum atomic E-state index is 11.9. The van der Waals surface area contributed by atoms with Crippen LogP contribution in [0.25, 0.3) is 0 Å². The lowest BCUT2D eigenvalue weighted by Crippen LogP contribution is -2.61. The third kappa shape index (κ3) is 3.42. The maximum Gasteiger partial charge on any atom is 0.311 e. The first-order chi connectivity index (χ1) is 10.7. The van der Waals surface area contributed by atoms with Crippen LogP contribution in [0.5, 0.6) is 0 Å². The van der Waals surface area contributed by atoms with Crippen molar-refractivity contribution >= 4 is 5.97 Å². The van der Waals surface area contributed by atoms with Gasteiger partial charge in [-0.1, -0.05) is 20.8 Å². The summed E-state index contributed by atoms with van der Waals surface area (Å²) in [6, 6.07) is 0. The normalized spacial score (nSPS) is 45.7. The first-order valence-electron chi connectivity index (χ1n) is 8.82. The molecule has 0 aromatic heterocycles. The van der Waals surface area contributed by atoms with E-state index in [9.17, 15) is 9.90 Å². The third-order valence-corrected chi connectivity index (χ3v) is 5.82. The number of rotatable bonds is 3. The van der Waals surface area contributed by atoms with Gasteiger partial charge in [0.2, 0.25) is 0 Å². The molecular weight excluding hydrogens is 296 g/mol. The monoisotopic (exact) mass is 328 g/mol. The highest BCUT2D eigenvalue weighted by Gasteiger charge is 2.55. The minimum absolute atomic E-state index is 0.223. The molecule has 0 aromatic rings. The van der Waals surface area contributed by atoms with Crippen molar-refractivity contribution in [3.63, 3.8) is 0 Å². The SMILES string of the molecule is CC[C@H]1O[C@@]2(CC[C@@]1(C)O)O[C@H]([C@@H](C)C(=O)OC)[C@@H](C)C[C@H]2C. The maximum absolute atomic E-state index is 11.9. The second-order valence-electron chi connectivity index (χ2n) is 7.69. The zero-order chi connectivity index (χ0) is 17.4. The van der Waals surface area contributed by atoms with Gasteiger partial charge < -0.3 is 19.3 Å². The van der Waals surface area contributed by atoms with Gasteiger partial charge in [-0.2, -0.15) is 0 Å². The molecule has 2 aliphatic rings. The smallest absolute Gasteiger partial charge is 0.311 e. The third-order valence-electron chi connectivity index (χ3n) is 5.82. The van der Waals surface area contributed by atoms with Gasteiger partial charge in [0.05, 0.1) is 30.8 Å².